The van der Waals surface area contributed by atoms with Crippen LogP contribution in [-0.4, -0.2) is 44.5 Å². The summed E-state index contributed by atoms with van der Waals surface area (Å²) in [5.74, 6) is 1.49. The van der Waals surface area contributed by atoms with Gasteiger partial charge in [0.2, 0.25) is 10.0 Å². The summed E-state index contributed by atoms with van der Waals surface area (Å²) in [6, 6.07) is 0. The summed E-state index contributed by atoms with van der Waals surface area (Å²) >= 11 is 1.07. The fourth-order valence-corrected chi connectivity index (χ4v) is 4.24. The van der Waals surface area contributed by atoms with E-state index < -0.39 is 10.0 Å². The molecular weight excluding hydrogens is 296 g/mol. The fourth-order valence-electron chi connectivity index (χ4n) is 2.77. The number of primary sulfonamides is 1. The van der Waals surface area contributed by atoms with Gasteiger partial charge < -0.3 is 10.2 Å². The Labute approximate surface area is 124 Å². The standard InChI is InChI=1S/C12H22N4O2S2/c1-9-5-10(2)8-16(7-9)4-3-14-12-15-6-11(19-12)20(13,17)18/h6,9-10H,3-5,7-8H2,1-2H3,(H,14,15)(H2,13,17,18). The number of sulfonamides is 1. The molecule has 2 atom stereocenters. The first-order valence-corrected chi connectivity index (χ1v) is 9.15. The van der Waals surface area contributed by atoms with Crippen molar-refractivity contribution in [2.45, 2.75) is 24.5 Å². The van der Waals surface area contributed by atoms with Crippen molar-refractivity contribution >= 4 is 26.5 Å². The predicted molar refractivity (Wildman–Crippen MR) is 81.4 cm³/mol. The minimum Gasteiger partial charge on any atom is -0.360 e. The van der Waals surface area contributed by atoms with Crippen molar-refractivity contribution in [2.24, 2.45) is 17.0 Å². The second-order valence-corrected chi connectivity index (χ2v) is 8.48. The maximum atomic E-state index is 11.2. The second kappa shape index (κ2) is 6.38. The van der Waals surface area contributed by atoms with E-state index in [4.69, 9.17) is 5.14 Å². The van der Waals surface area contributed by atoms with E-state index >= 15 is 0 Å². The molecule has 1 saturated heterocycles. The predicted octanol–water partition coefficient (Wildman–Crippen LogP) is 1.18. The van der Waals surface area contributed by atoms with Crippen LogP contribution in [0.25, 0.3) is 0 Å². The Morgan fingerprint density at radius 2 is 2.10 bits per heavy atom. The Morgan fingerprint density at radius 3 is 2.65 bits per heavy atom. The quantitative estimate of drug-likeness (QED) is 0.851. The van der Waals surface area contributed by atoms with E-state index in [-0.39, 0.29) is 4.21 Å². The Balaban J connectivity index is 1.80. The molecule has 1 aromatic heterocycles. The Hall–Kier alpha value is -0.700. The molecule has 2 heterocycles. The third-order valence-corrected chi connectivity index (χ3v) is 5.78. The minimum absolute atomic E-state index is 0.0974. The molecule has 1 fully saturated rings. The van der Waals surface area contributed by atoms with E-state index in [0.717, 1.165) is 49.4 Å². The summed E-state index contributed by atoms with van der Waals surface area (Å²) in [7, 11) is -3.64. The monoisotopic (exact) mass is 318 g/mol. The van der Waals surface area contributed by atoms with Gasteiger partial charge in [0.15, 0.2) is 9.34 Å². The lowest BCUT2D eigenvalue weighted by Gasteiger charge is -2.34. The first kappa shape index (κ1) is 15.7. The van der Waals surface area contributed by atoms with Crippen LogP contribution in [0.2, 0.25) is 0 Å². The van der Waals surface area contributed by atoms with Gasteiger partial charge in [0.1, 0.15) is 0 Å². The van der Waals surface area contributed by atoms with Crippen LogP contribution < -0.4 is 10.5 Å². The zero-order chi connectivity index (χ0) is 14.8. The number of nitrogens with two attached hydrogens (primary N) is 1. The number of nitrogens with zero attached hydrogens (tertiary/aromatic N) is 2. The number of hydrogen-bond acceptors (Lipinski definition) is 6. The minimum atomic E-state index is -3.64. The largest absolute Gasteiger partial charge is 0.360 e. The van der Waals surface area contributed by atoms with E-state index in [1.54, 1.807) is 0 Å². The van der Waals surface area contributed by atoms with Crippen molar-refractivity contribution in [2.75, 3.05) is 31.5 Å². The first-order chi connectivity index (χ1) is 9.34. The van der Waals surface area contributed by atoms with E-state index in [1.807, 2.05) is 0 Å². The summed E-state index contributed by atoms with van der Waals surface area (Å²) in [6.45, 7) is 8.54. The average molecular weight is 318 g/mol. The van der Waals surface area contributed by atoms with Crippen molar-refractivity contribution < 1.29 is 8.42 Å². The van der Waals surface area contributed by atoms with Crippen LogP contribution in [0.4, 0.5) is 5.13 Å². The first-order valence-electron chi connectivity index (χ1n) is 6.79. The zero-order valence-electron chi connectivity index (χ0n) is 11.9. The van der Waals surface area contributed by atoms with Gasteiger partial charge in [-0.25, -0.2) is 18.5 Å². The van der Waals surface area contributed by atoms with Crippen LogP contribution in [0, 0.1) is 11.8 Å². The third kappa shape index (κ3) is 4.41. The molecule has 0 spiro atoms. The highest BCUT2D eigenvalue weighted by molar-refractivity contribution is 7.91. The molecule has 114 valence electrons. The van der Waals surface area contributed by atoms with Gasteiger partial charge in [-0.1, -0.05) is 25.2 Å². The topological polar surface area (TPSA) is 88.3 Å². The molecule has 0 aromatic carbocycles. The number of hydrogen-bond donors (Lipinski definition) is 2. The van der Waals surface area contributed by atoms with Crippen LogP contribution >= 0.6 is 11.3 Å². The lowest BCUT2D eigenvalue weighted by Crippen LogP contribution is -2.41. The van der Waals surface area contributed by atoms with Crippen LogP contribution in [0.5, 0.6) is 0 Å². The smallest absolute Gasteiger partial charge is 0.249 e. The maximum Gasteiger partial charge on any atom is 0.249 e. The Morgan fingerprint density at radius 1 is 1.45 bits per heavy atom. The Kier molecular flexibility index (Phi) is 5.00. The van der Waals surface area contributed by atoms with Crippen molar-refractivity contribution in [1.82, 2.24) is 9.88 Å². The SMILES string of the molecule is CC1CC(C)CN(CCNc2ncc(S(N)(=O)=O)s2)C1. The normalized spacial score (nSPS) is 24.8. The van der Waals surface area contributed by atoms with Gasteiger partial charge in [0.25, 0.3) is 0 Å². The molecular formula is C12H22N4O2S2. The molecule has 1 aliphatic heterocycles. The lowest BCUT2D eigenvalue weighted by molar-refractivity contribution is 0.146. The number of nitrogens with one attached hydrogen (secondary N) is 1. The second-order valence-electron chi connectivity index (χ2n) is 5.66. The molecule has 0 amide bonds. The number of likely N-dealkylation sites (tertiary alicyclic amines) is 1. The number of rotatable bonds is 5. The van der Waals surface area contributed by atoms with Crippen molar-refractivity contribution in [3.05, 3.63) is 6.20 Å². The van der Waals surface area contributed by atoms with Gasteiger partial charge in [-0.3, -0.25) is 0 Å². The summed E-state index contributed by atoms with van der Waals surface area (Å²) in [5, 5.41) is 8.82. The third-order valence-electron chi connectivity index (χ3n) is 3.41. The van der Waals surface area contributed by atoms with Crippen LogP contribution in [0.1, 0.15) is 20.3 Å². The van der Waals surface area contributed by atoms with Crippen LogP contribution in [0.3, 0.4) is 0 Å². The molecule has 6 nitrogen and oxygen atoms in total. The molecule has 3 N–H and O–H groups in total. The van der Waals surface area contributed by atoms with E-state index in [1.165, 1.54) is 12.6 Å². The number of anilines is 1. The molecule has 0 aliphatic carbocycles. The van der Waals surface area contributed by atoms with Crippen molar-refractivity contribution in [3.63, 3.8) is 0 Å². The van der Waals surface area contributed by atoms with Gasteiger partial charge in [-0.15, -0.1) is 0 Å². The molecule has 20 heavy (non-hydrogen) atoms. The van der Waals surface area contributed by atoms with Crippen LogP contribution in [-0.2, 0) is 10.0 Å². The molecule has 1 aromatic rings. The molecule has 0 radical (unpaired) electrons. The van der Waals surface area contributed by atoms with E-state index in [9.17, 15) is 8.42 Å². The average Bonchev–Trinajstić information content (AvgIpc) is 2.76. The highest BCUT2D eigenvalue weighted by Gasteiger charge is 2.21. The van der Waals surface area contributed by atoms with Crippen molar-refractivity contribution in [1.29, 1.82) is 0 Å². The molecule has 0 saturated carbocycles. The fraction of sp³-hybridized carbons (Fsp3) is 0.750. The summed E-state index contributed by atoms with van der Waals surface area (Å²) < 4.78 is 22.4. The van der Waals surface area contributed by atoms with Gasteiger partial charge >= 0.3 is 0 Å². The number of aromatic nitrogens is 1. The number of piperidine rings is 1. The maximum absolute atomic E-state index is 11.2. The van der Waals surface area contributed by atoms with Gasteiger partial charge in [0, 0.05) is 26.2 Å². The summed E-state index contributed by atoms with van der Waals surface area (Å²) in [6.07, 6.45) is 2.60. The number of thiazole rings is 1. The molecule has 2 unspecified atom stereocenters. The summed E-state index contributed by atoms with van der Waals surface area (Å²) in [4.78, 5) is 6.47. The highest BCUT2D eigenvalue weighted by Crippen LogP contribution is 2.22. The van der Waals surface area contributed by atoms with Gasteiger partial charge in [-0.05, 0) is 18.3 Å². The van der Waals surface area contributed by atoms with Crippen molar-refractivity contribution in [3.8, 4) is 0 Å². The van der Waals surface area contributed by atoms with Gasteiger partial charge in [0.05, 0.1) is 6.20 Å². The van der Waals surface area contributed by atoms with E-state index in [0.29, 0.717) is 5.13 Å². The van der Waals surface area contributed by atoms with E-state index in [2.05, 4.69) is 29.0 Å². The molecule has 2 rings (SSSR count). The lowest BCUT2D eigenvalue weighted by atomic mass is 9.92. The van der Waals surface area contributed by atoms with Crippen LogP contribution in [0.15, 0.2) is 10.4 Å². The molecule has 0 bridgehead atoms. The van der Waals surface area contributed by atoms with Gasteiger partial charge in [-0.2, -0.15) is 0 Å². The summed E-state index contributed by atoms with van der Waals surface area (Å²) in [5.41, 5.74) is 0. The Bertz CT molecular complexity index is 533. The molecule has 8 heteroatoms. The zero-order valence-corrected chi connectivity index (χ0v) is 13.5. The molecule has 1 aliphatic rings. The highest BCUT2D eigenvalue weighted by atomic mass is 32.2.